The van der Waals surface area contributed by atoms with Crippen LogP contribution in [-0.2, 0) is 22.6 Å². The van der Waals surface area contributed by atoms with Gasteiger partial charge in [0.2, 0.25) is 5.91 Å². The molecule has 1 aliphatic heterocycles. The Labute approximate surface area is 251 Å². The van der Waals surface area contributed by atoms with Crippen LogP contribution >= 0.6 is 0 Å². The Kier molecular flexibility index (Phi) is 8.35. The van der Waals surface area contributed by atoms with Crippen molar-refractivity contribution in [2.75, 3.05) is 18.5 Å². The molecule has 2 amide bonds. The number of rotatable bonds is 9. The first-order valence-corrected chi connectivity index (χ1v) is 15.0. The monoisotopic (exact) mass is 579 g/mol. The Morgan fingerprint density at radius 1 is 1.05 bits per heavy atom. The zero-order valence-corrected chi connectivity index (χ0v) is 24.6. The quantitative estimate of drug-likeness (QED) is 0.247. The van der Waals surface area contributed by atoms with E-state index in [0.29, 0.717) is 36.9 Å². The van der Waals surface area contributed by atoms with E-state index in [9.17, 15) is 9.59 Å². The summed E-state index contributed by atoms with van der Waals surface area (Å²) in [5.41, 5.74) is 5.55. The summed E-state index contributed by atoms with van der Waals surface area (Å²) in [5, 5.41) is 13.4. The minimum atomic E-state index is -0.104. The first kappa shape index (κ1) is 28.4. The lowest BCUT2D eigenvalue weighted by Crippen LogP contribution is -2.39. The lowest BCUT2D eigenvalue weighted by molar-refractivity contribution is -0.135. The number of benzene rings is 2. The highest BCUT2D eigenvalue weighted by Gasteiger charge is 2.27. The molecule has 2 aromatic carbocycles. The highest BCUT2D eigenvalue weighted by atomic mass is 16.5. The molecule has 2 aliphatic rings. The molecule has 6 rings (SSSR count). The van der Waals surface area contributed by atoms with Crippen LogP contribution in [0.25, 0.3) is 22.5 Å². The summed E-state index contributed by atoms with van der Waals surface area (Å²) in [6.45, 7) is 4.86. The number of hydrogen-bond acceptors (Lipinski definition) is 7. The van der Waals surface area contributed by atoms with Crippen molar-refractivity contribution < 1.29 is 14.3 Å². The lowest BCUT2D eigenvalue weighted by atomic mass is 10.0. The number of carbonyl (C=O) groups is 2. The third kappa shape index (κ3) is 6.69. The molecule has 10 heteroatoms. The third-order valence-corrected chi connectivity index (χ3v) is 8.03. The first-order chi connectivity index (χ1) is 20.9. The Morgan fingerprint density at radius 3 is 2.60 bits per heavy atom. The molecule has 0 unspecified atom stereocenters. The number of fused-ring (bicyclic) bond motifs is 1. The molecular weight excluding hydrogens is 542 g/mol. The van der Waals surface area contributed by atoms with E-state index >= 15 is 0 Å². The summed E-state index contributed by atoms with van der Waals surface area (Å²) < 4.78 is 5.85. The molecule has 1 fully saturated rings. The zero-order chi connectivity index (χ0) is 29.8. The van der Waals surface area contributed by atoms with Crippen LogP contribution < -0.4 is 15.4 Å². The predicted molar refractivity (Wildman–Crippen MR) is 165 cm³/mol. The number of nitrogens with zero attached hydrogens (tertiary/aromatic N) is 4. The van der Waals surface area contributed by atoms with Crippen molar-refractivity contribution >= 4 is 23.3 Å². The van der Waals surface area contributed by atoms with Gasteiger partial charge in [-0.05, 0) is 42.7 Å². The number of hydrogen-bond donors (Lipinski definition) is 3. The van der Waals surface area contributed by atoms with Crippen LogP contribution in [0.1, 0.15) is 50.8 Å². The number of H-pyrrole nitrogens is 1. The summed E-state index contributed by atoms with van der Waals surface area (Å²) in [4.78, 5) is 37.1. The van der Waals surface area contributed by atoms with E-state index in [-0.39, 0.29) is 30.4 Å². The topological polar surface area (TPSA) is 125 Å². The molecule has 0 saturated heterocycles. The average Bonchev–Trinajstić information content (AvgIpc) is 3.75. The number of aromatic nitrogens is 4. The van der Waals surface area contributed by atoms with E-state index in [1.165, 1.54) is 0 Å². The largest absolute Gasteiger partial charge is 0.484 e. The molecule has 43 heavy (non-hydrogen) atoms. The van der Waals surface area contributed by atoms with Crippen molar-refractivity contribution in [1.29, 1.82) is 0 Å². The zero-order valence-electron chi connectivity index (χ0n) is 24.6. The molecular formula is C33H37N7O3. The van der Waals surface area contributed by atoms with E-state index in [4.69, 9.17) is 14.7 Å². The van der Waals surface area contributed by atoms with Crippen LogP contribution in [0.4, 0.5) is 11.5 Å². The highest BCUT2D eigenvalue weighted by Crippen LogP contribution is 2.32. The molecule has 3 heterocycles. The van der Waals surface area contributed by atoms with E-state index in [1.807, 2.05) is 73.5 Å². The van der Waals surface area contributed by atoms with Gasteiger partial charge >= 0.3 is 0 Å². The van der Waals surface area contributed by atoms with Crippen LogP contribution in [0.2, 0.25) is 0 Å². The Balaban J connectivity index is 1.26. The number of ether oxygens (including phenoxy) is 1. The summed E-state index contributed by atoms with van der Waals surface area (Å²) in [5.74, 6) is 1.73. The fourth-order valence-electron chi connectivity index (χ4n) is 5.70. The highest BCUT2D eigenvalue weighted by molar-refractivity contribution is 5.79. The van der Waals surface area contributed by atoms with E-state index in [2.05, 4.69) is 20.8 Å². The lowest BCUT2D eigenvalue weighted by Gasteiger charge is -2.31. The second-order valence-corrected chi connectivity index (χ2v) is 11.5. The molecule has 222 valence electrons. The molecule has 3 N–H and O–H groups in total. The average molecular weight is 580 g/mol. The van der Waals surface area contributed by atoms with Gasteiger partial charge in [0.05, 0.1) is 18.4 Å². The molecule has 0 atom stereocenters. The fourth-order valence-corrected chi connectivity index (χ4v) is 5.70. The van der Waals surface area contributed by atoms with Gasteiger partial charge in [0.25, 0.3) is 5.91 Å². The summed E-state index contributed by atoms with van der Waals surface area (Å²) in [7, 11) is 0. The Hall–Kier alpha value is -4.73. The van der Waals surface area contributed by atoms with Crippen LogP contribution in [0, 0.1) is 5.92 Å². The van der Waals surface area contributed by atoms with Crippen molar-refractivity contribution in [3.8, 4) is 28.3 Å². The van der Waals surface area contributed by atoms with Crippen molar-refractivity contribution in [2.45, 2.75) is 58.5 Å². The van der Waals surface area contributed by atoms with Gasteiger partial charge < -0.3 is 20.3 Å². The van der Waals surface area contributed by atoms with Crippen molar-refractivity contribution in [2.24, 2.45) is 5.92 Å². The van der Waals surface area contributed by atoms with E-state index < -0.39 is 0 Å². The van der Waals surface area contributed by atoms with Gasteiger partial charge in [-0.3, -0.25) is 14.7 Å². The number of nitrogens with one attached hydrogen (secondary N) is 3. The number of amides is 2. The van der Waals surface area contributed by atoms with E-state index in [1.54, 1.807) is 6.20 Å². The molecule has 0 bridgehead atoms. The maximum absolute atomic E-state index is 12.9. The SMILES string of the molecule is CC(C)C(=O)N1CCc2nc(-c3cccc(OCC(=O)NC4CCCC4)c3)nc(Nc3ccc(-c4cn[nH]c4)cc3)c2C1. The molecule has 2 aromatic heterocycles. The van der Waals surface area contributed by atoms with Gasteiger partial charge in [0.1, 0.15) is 11.6 Å². The van der Waals surface area contributed by atoms with Gasteiger partial charge in [-0.25, -0.2) is 9.97 Å². The van der Waals surface area contributed by atoms with Crippen molar-refractivity contribution in [3.05, 3.63) is 72.2 Å². The smallest absolute Gasteiger partial charge is 0.258 e. The van der Waals surface area contributed by atoms with Crippen molar-refractivity contribution in [1.82, 2.24) is 30.4 Å². The molecule has 0 spiro atoms. The van der Waals surface area contributed by atoms with Gasteiger partial charge in [0.15, 0.2) is 12.4 Å². The molecule has 1 saturated carbocycles. The number of anilines is 2. The molecule has 1 aliphatic carbocycles. The van der Waals surface area contributed by atoms with Gasteiger partial charge in [-0.1, -0.05) is 51.0 Å². The maximum atomic E-state index is 12.9. The first-order valence-electron chi connectivity index (χ1n) is 15.0. The second kappa shape index (κ2) is 12.6. The van der Waals surface area contributed by atoms with Crippen molar-refractivity contribution in [3.63, 3.8) is 0 Å². The maximum Gasteiger partial charge on any atom is 0.258 e. The van der Waals surface area contributed by atoms with Gasteiger partial charge in [-0.2, -0.15) is 5.10 Å². The van der Waals surface area contributed by atoms with Gasteiger partial charge in [0, 0.05) is 53.5 Å². The number of carbonyl (C=O) groups excluding carboxylic acids is 2. The predicted octanol–water partition coefficient (Wildman–Crippen LogP) is 5.26. The molecule has 0 radical (unpaired) electrons. The summed E-state index contributed by atoms with van der Waals surface area (Å²) in [6, 6.07) is 15.8. The standard InChI is InChI=1S/C33H37N7O3/c1-21(2)33(42)40-15-14-29-28(19-40)32(37-26-12-10-22(11-13-26)24-17-34-35-18-24)39-31(38-29)23-6-5-9-27(16-23)43-20-30(41)36-25-7-3-4-8-25/h5-6,9-13,16-18,21,25H,3-4,7-8,14-15,19-20H2,1-2H3,(H,34,35)(H,36,41)(H,37,38,39). The third-order valence-electron chi connectivity index (χ3n) is 8.03. The van der Waals surface area contributed by atoms with E-state index in [0.717, 1.165) is 59.3 Å². The number of aromatic amines is 1. The van der Waals surface area contributed by atoms with Gasteiger partial charge in [-0.15, -0.1) is 0 Å². The summed E-state index contributed by atoms with van der Waals surface area (Å²) >= 11 is 0. The summed E-state index contributed by atoms with van der Waals surface area (Å²) in [6.07, 6.45) is 8.67. The molecule has 10 nitrogen and oxygen atoms in total. The minimum absolute atomic E-state index is 0.0354. The van der Waals surface area contributed by atoms with Crippen LogP contribution in [0.3, 0.4) is 0 Å². The fraction of sp³-hybridized carbons (Fsp3) is 0.364. The minimum Gasteiger partial charge on any atom is -0.484 e. The van der Waals surface area contributed by atoms with Crippen LogP contribution in [0.15, 0.2) is 60.9 Å². The second-order valence-electron chi connectivity index (χ2n) is 11.5. The Morgan fingerprint density at radius 2 is 1.86 bits per heavy atom. The van der Waals surface area contributed by atoms with Crippen LogP contribution in [0.5, 0.6) is 5.75 Å². The normalized spacial score (nSPS) is 14.9. The van der Waals surface area contributed by atoms with Crippen LogP contribution in [-0.4, -0.2) is 56.1 Å². The molecule has 4 aromatic rings. The Bertz CT molecular complexity index is 1580.